The van der Waals surface area contributed by atoms with Crippen LogP contribution in [0.25, 0.3) is 0 Å². The van der Waals surface area contributed by atoms with Crippen molar-refractivity contribution in [2.45, 2.75) is 26.7 Å². The van der Waals surface area contributed by atoms with E-state index in [1.807, 2.05) is 6.92 Å². The van der Waals surface area contributed by atoms with Crippen LogP contribution in [-0.4, -0.2) is 24.4 Å². The van der Waals surface area contributed by atoms with Crippen molar-refractivity contribution in [1.29, 1.82) is 0 Å². The third-order valence-corrected chi connectivity index (χ3v) is 5.39. The van der Waals surface area contributed by atoms with Gasteiger partial charge in [-0.05, 0) is 55.3 Å². The summed E-state index contributed by atoms with van der Waals surface area (Å²) in [6, 6.07) is 11.3. The lowest BCUT2D eigenvalue weighted by atomic mass is 10.2. The van der Waals surface area contributed by atoms with Crippen LogP contribution in [0.15, 0.2) is 53.2 Å². The van der Waals surface area contributed by atoms with Gasteiger partial charge in [0, 0.05) is 10.7 Å². The predicted molar refractivity (Wildman–Crippen MR) is 117 cm³/mol. The number of amides is 2. The number of unbranched alkanes of at least 4 members (excludes halogenated alkanes) is 1. The Balaban J connectivity index is 1.77. The van der Waals surface area contributed by atoms with Gasteiger partial charge in [0.1, 0.15) is 10.7 Å². The maximum absolute atomic E-state index is 12.9. The standard InChI is InChI=1S/C22H20Cl2N2O4/c1-3-4-12-30-22(29)14-8-10-15(11-9-14)25-19-18(24)20(27)26(21(19)28)17-7-5-6-16(23)13(17)2/h5-11,25H,3-4,12H2,1-2H3. The average molecular weight is 447 g/mol. The van der Waals surface area contributed by atoms with Crippen molar-refractivity contribution in [2.24, 2.45) is 0 Å². The molecule has 0 fully saturated rings. The molecule has 1 heterocycles. The van der Waals surface area contributed by atoms with Crippen molar-refractivity contribution >= 4 is 52.4 Å². The normalized spacial score (nSPS) is 13.8. The molecule has 0 bridgehead atoms. The molecule has 3 rings (SSSR count). The SMILES string of the molecule is CCCCOC(=O)c1ccc(NC2=C(Cl)C(=O)N(c3cccc(Cl)c3C)C2=O)cc1. The monoisotopic (exact) mass is 446 g/mol. The first-order chi connectivity index (χ1) is 14.3. The van der Waals surface area contributed by atoms with Gasteiger partial charge in [-0.25, -0.2) is 9.69 Å². The van der Waals surface area contributed by atoms with Gasteiger partial charge in [0.2, 0.25) is 0 Å². The molecule has 0 atom stereocenters. The second kappa shape index (κ2) is 9.32. The van der Waals surface area contributed by atoms with Gasteiger partial charge in [-0.2, -0.15) is 0 Å². The van der Waals surface area contributed by atoms with Crippen LogP contribution in [0.5, 0.6) is 0 Å². The molecule has 0 saturated heterocycles. The molecular formula is C22H20Cl2N2O4. The molecule has 0 spiro atoms. The third-order valence-electron chi connectivity index (χ3n) is 4.63. The largest absolute Gasteiger partial charge is 0.462 e. The first-order valence-corrected chi connectivity index (χ1v) is 10.2. The zero-order valence-electron chi connectivity index (χ0n) is 16.5. The van der Waals surface area contributed by atoms with Crippen LogP contribution < -0.4 is 10.2 Å². The Morgan fingerprint density at radius 3 is 2.43 bits per heavy atom. The summed E-state index contributed by atoms with van der Waals surface area (Å²) in [5.74, 6) is -1.63. The fourth-order valence-corrected chi connectivity index (χ4v) is 3.28. The Bertz CT molecular complexity index is 1030. The van der Waals surface area contributed by atoms with Gasteiger partial charge in [0.25, 0.3) is 11.8 Å². The number of esters is 1. The van der Waals surface area contributed by atoms with E-state index >= 15 is 0 Å². The van der Waals surface area contributed by atoms with E-state index < -0.39 is 17.8 Å². The van der Waals surface area contributed by atoms with Gasteiger partial charge in [0.05, 0.1) is 17.9 Å². The third kappa shape index (κ3) is 4.35. The number of nitrogens with zero attached hydrogens (tertiary/aromatic N) is 1. The van der Waals surface area contributed by atoms with E-state index in [2.05, 4.69) is 5.32 Å². The summed E-state index contributed by atoms with van der Waals surface area (Å²) in [7, 11) is 0. The highest BCUT2D eigenvalue weighted by molar-refractivity contribution is 6.53. The van der Waals surface area contributed by atoms with E-state index in [1.54, 1.807) is 49.4 Å². The van der Waals surface area contributed by atoms with E-state index in [4.69, 9.17) is 27.9 Å². The van der Waals surface area contributed by atoms with Crippen LogP contribution in [-0.2, 0) is 14.3 Å². The Morgan fingerprint density at radius 2 is 1.77 bits per heavy atom. The van der Waals surface area contributed by atoms with Crippen LogP contribution in [0.3, 0.4) is 0 Å². The Kier molecular flexibility index (Phi) is 6.80. The topological polar surface area (TPSA) is 75.7 Å². The van der Waals surface area contributed by atoms with Crippen molar-refractivity contribution in [3.63, 3.8) is 0 Å². The second-order valence-corrected chi connectivity index (χ2v) is 7.50. The molecule has 0 aliphatic carbocycles. The molecule has 1 N–H and O–H groups in total. The minimum Gasteiger partial charge on any atom is -0.462 e. The van der Waals surface area contributed by atoms with Crippen molar-refractivity contribution in [3.8, 4) is 0 Å². The van der Waals surface area contributed by atoms with E-state index in [9.17, 15) is 14.4 Å². The highest BCUT2D eigenvalue weighted by Gasteiger charge is 2.39. The molecule has 2 amide bonds. The number of imide groups is 1. The molecule has 0 aromatic heterocycles. The predicted octanol–water partition coefficient (Wildman–Crippen LogP) is 5.04. The lowest BCUT2D eigenvalue weighted by Gasteiger charge is -2.18. The summed E-state index contributed by atoms with van der Waals surface area (Å²) in [6.07, 6.45) is 1.74. The molecule has 8 heteroatoms. The Labute approximate surface area is 184 Å². The van der Waals surface area contributed by atoms with Crippen molar-refractivity contribution in [2.75, 3.05) is 16.8 Å². The number of benzene rings is 2. The fourth-order valence-electron chi connectivity index (χ4n) is 2.89. The average Bonchev–Trinajstić information content (AvgIpc) is 2.94. The zero-order chi connectivity index (χ0) is 21.8. The molecule has 0 radical (unpaired) electrons. The van der Waals surface area contributed by atoms with Gasteiger partial charge >= 0.3 is 5.97 Å². The number of hydrogen-bond acceptors (Lipinski definition) is 5. The molecule has 0 unspecified atom stereocenters. The maximum Gasteiger partial charge on any atom is 0.338 e. The molecule has 30 heavy (non-hydrogen) atoms. The van der Waals surface area contributed by atoms with E-state index in [1.165, 1.54) is 0 Å². The highest BCUT2D eigenvalue weighted by Crippen LogP contribution is 2.34. The summed E-state index contributed by atoms with van der Waals surface area (Å²) < 4.78 is 5.17. The van der Waals surface area contributed by atoms with Gasteiger partial charge in [-0.15, -0.1) is 0 Å². The zero-order valence-corrected chi connectivity index (χ0v) is 18.0. The number of carbonyl (C=O) groups is 3. The summed E-state index contributed by atoms with van der Waals surface area (Å²) in [5, 5.41) is 3.09. The molecule has 2 aromatic rings. The van der Waals surface area contributed by atoms with Crippen LogP contribution >= 0.6 is 23.2 Å². The van der Waals surface area contributed by atoms with Gasteiger partial charge < -0.3 is 10.1 Å². The number of ether oxygens (including phenoxy) is 1. The first kappa shape index (κ1) is 21.9. The number of rotatable bonds is 7. The Morgan fingerprint density at radius 1 is 1.07 bits per heavy atom. The summed E-state index contributed by atoms with van der Waals surface area (Å²) in [5.41, 5.74) is 1.82. The first-order valence-electron chi connectivity index (χ1n) is 9.43. The Hall–Kier alpha value is -2.83. The minimum absolute atomic E-state index is 0.0423. The van der Waals surface area contributed by atoms with Crippen LogP contribution in [0.2, 0.25) is 5.02 Å². The molecule has 1 aliphatic rings. The van der Waals surface area contributed by atoms with Gasteiger partial charge in [-0.1, -0.05) is 42.6 Å². The maximum atomic E-state index is 12.9. The van der Waals surface area contributed by atoms with E-state index in [0.29, 0.717) is 34.1 Å². The van der Waals surface area contributed by atoms with Crippen LogP contribution in [0.4, 0.5) is 11.4 Å². The number of carbonyl (C=O) groups excluding carboxylic acids is 3. The highest BCUT2D eigenvalue weighted by atomic mass is 35.5. The number of anilines is 2. The van der Waals surface area contributed by atoms with Gasteiger partial charge in [-0.3, -0.25) is 9.59 Å². The summed E-state index contributed by atoms with van der Waals surface area (Å²) >= 11 is 12.3. The quantitative estimate of drug-likeness (QED) is 0.366. The van der Waals surface area contributed by atoms with Gasteiger partial charge in [0.15, 0.2) is 0 Å². The molecular weight excluding hydrogens is 427 g/mol. The van der Waals surface area contributed by atoms with E-state index in [0.717, 1.165) is 17.7 Å². The summed E-state index contributed by atoms with van der Waals surface area (Å²) in [4.78, 5) is 38.5. The van der Waals surface area contributed by atoms with Crippen molar-refractivity contribution in [3.05, 3.63) is 69.3 Å². The van der Waals surface area contributed by atoms with Crippen molar-refractivity contribution in [1.82, 2.24) is 0 Å². The molecule has 156 valence electrons. The second-order valence-electron chi connectivity index (χ2n) is 6.71. The molecule has 6 nitrogen and oxygen atoms in total. The van der Waals surface area contributed by atoms with Crippen LogP contribution in [0.1, 0.15) is 35.7 Å². The number of halogens is 2. The van der Waals surface area contributed by atoms with Crippen molar-refractivity contribution < 1.29 is 19.1 Å². The number of hydrogen-bond donors (Lipinski definition) is 1. The smallest absolute Gasteiger partial charge is 0.338 e. The molecule has 2 aromatic carbocycles. The molecule has 0 saturated carbocycles. The fraction of sp³-hybridized carbons (Fsp3) is 0.227. The molecule has 1 aliphatic heterocycles. The minimum atomic E-state index is -0.634. The number of nitrogens with one attached hydrogen (secondary N) is 1. The lowest BCUT2D eigenvalue weighted by Crippen LogP contribution is -2.32. The lowest BCUT2D eigenvalue weighted by molar-refractivity contribution is -0.120. The van der Waals surface area contributed by atoms with Crippen LogP contribution in [0, 0.1) is 6.92 Å². The van der Waals surface area contributed by atoms with E-state index in [-0.39, 0.29) is 10.7 Å². The summed E-state index contributed by atoms with van der Waals surface area (Å²) in [6.45, 7) is 4.10.